The molecule has 13 heteroatoms. The van der Waals surface area contributed by atoms with Crippen LogP contribution in [0.25, 0.3) is 11.2 Å². The highest BCUT2D eigenvalue weighted by molar-refractivity contribution is 7.88. The Morgan fingerprint density at radius 3 is 3.00 bits per heavy atom. The van der Waals surface area contributed by atoms with Gasteiger partial charge in [-0.1, -0.05) is 0 Å². The number of nitrogen functional groups attached to an aromatic ring is 1. The van der Waals surface area contributed by atoms with Crippen LogP contribution in [-0.2, 0) is 19.6 Å². The lowest BCUT2D eigenvalue weighted by Gasteiger charge is -2.29. The molecule has 29 heavy (non-hydrogen) atoms. The lowest BCUT2D eigenvalue weighted by Crippen LogP contribution is -2.41. The number of carbonyl (C=O) groups is 1. The Balaban J connectivity index is 0.000000645. The average molecular weight is 425 g/mol. The van der Waals surface area contributed by atoms with Gasteiger partial charge in [-0.05, 0) is 12.8 Å². The summed E-state index contributed by atoms with van der Waals surface area (Å²) < 4.78 is 32.1. The molecule has 0 saturated carbocycles. The summed E-state index contributed by atoms with van der Waals surface area (Å²) in [6.07, 6.45) is 4.85. The number of nitrogens with zero attached hydrogens (tertiary/aromatic N) is 4. The number of hydrogen-bond donors (Lipinski definition) is 4. The Labute approximate surface area is 166 Å². The molecule has 2 aromatic heterocycles. The van der Waals surface area contributed by atoms with E-state index < -0.39 is 10.0 Å². The normalized spacial score (nSPS) is 30.2. The van der Waals surface area contributed by atoms with Crippen molar-refractivity contribution in [2.75, 3.05) is 36.5 Å². The van der Waals surface area contributed by atoms with Crippen molar-refractivity contribution < 1.29 is 23.1 Å². The third-order valence-electron chi connectivity index (χ3n) is 5.95. The molecule has 12 nitrogen and oxygen atoms in total. The Hall–Kier alpha value is -2.51. The Morgan fingerprint density at radius 2 is 2.28 bits per heavy atom. The molecule has 5 rings (SSSR count). The predicted molar refractivity (Wildman–Crippen MR) is 104 cm³/mol. The van der Waals surface area contributed by atoms with Gasteiger partial charge in [0.2, 0.25) is 16.0 Å². The first-order chi connectivity index (χ1) is 13.8. The monoisotopic (exact) mass is 425 g/mol. The number of imidazole rings is 1. The minimum absolute atomic E-state index is 0.124. The highest BCUT2D eigenvalue weighted by atomic mass is 32.2. The summed E-state index contributed by atoms with van der Waals surface area (Å²) in [5.41, 5.74) is 6.92. The van der Waals surface area contributed by atoms with Gasteiger partial charge in [0.05, 0.1) is 24.3 Å². The predicted octanol–water partition coefficient (Wildman–Crippen LogP) is -0.831. The Kier molecular flexibility index (Phi) is 4.83. The van der Waals surface area contributed by atoms with Gasteiger partial charge in [-0.25, -0.2) is 18.1 Å². The number of H-pyrrole nitrogens is 1. The van der Waals surface area contributed by atoms with Gasteiger partial charge in [0.15, 0.2) is 11.5 Å². The third kappa shape index (κ3) is 3.49. The van der Waals surface area contributed by atoms with Gasteiger partial charge in [-0.15, -0.1) is 0 Å². The molecule has 3 aliphatic heterocycles. The van der Waals surface area contributed by atoms with Crippen LogP contribution in [0.3, 0.4) is 0 Å². The molecular weight excluding hydrogens is 402 g/mol. The van der Waals surface area contributed by atoms with Crippen LogP contribution < -0.4 is 15.4 Å². The molecule has 0 aliphatic carbocycles. The van der Waals surface area contributed by atoms with Crippen molar-refractivity contribution in [2.24, 2.45) is 11.8 Å². The maximum absolute atomic E-state index is 11.5. The summed E-state index contributed by atoms with van der Waals surface area (Å²) in [7, 11) is -3.22. The molecule has 4 atom stereocenters. The minimum atomic E-state index is -3.22. The van der Waals surface area contributed by atoms with E-state index in [0.29, 0.717) is 18.7 Å². The van der Waals surface area contributed by atoms with E-state index in [1.165, 1.54) is 6.26 Å². The standard InChI is InChI=1S/C15H21N7O3S.CH2O2/c1-26(23,24)19-4-8-9-5-22(6-15(9)3-2-10(8)25-15)13-11-12(18-7-17-11)20-14(16)21-13;2-1-3/h7-10,19H,2-6H2,1H3,(H3,16,17,18,20,21);1H,(H,2,3)/t8-,9+,10+,15+;/m0./s1. The minimum Gasteiger partial charge on any atom is -0.483 e. The summed E-state index contributed by atoms with van der Waals surface area (Å²) in [6.45, 7) is 1.63. The van der Waals surface area contributed by atoms with E-state index in [1.807, 2.05) is 0 Å². The van der Waals surface area contributed by atoms with Crippen LogP contribution in [0.1, 0.15) is 12.8 Å². The number of nitrogens with one attached hydrogen (secondary N) is 2. The molecular formula is C16H23N7O5S. The summed E-state index contributed by atoms with van der Waals surface area (Å²) in [4.78, 5) is 26.4. The largest absolute Gasteiger partial charge is 0.483 e. The molecule has 0 amide bonds. The van der Waals surface area contributed by atoms with Gasteiger partial charge < -0.3 is 25.5 Å². The lowest BCUT2D eigenvalue weighted by atomic mass is 9.74. The maximum atomic E-state index is 11.5. The molecule has 3 aliphatic rings. The van der Waals surface area contributed by atoms with Gasteiger partial charge >= 0.3 is 0 Å². The summed E-state index contributed by atoms with van der Waals surface area (Å²) in [5, 5.41) is 6.89. The van der Waals surface area contributed by atoms with Crippen LogP contribution in [0.4, 0.5) is 11.8 Å². The fraction of sp³-hybridized carbons (Fsp3) is 0.625. The fourth-order valence-electron chi connectivity index (χ4n) is 4.94. The van der Waals surface area contributed by atoms with Crippen molar-refractivity contribution in [2.45, 2.75) is 24.5 Å². The highest BCUT2D eigenvalue weighted by Gasteiger charge is 2.63. The van der Waals surface area contributed by atoms with Gasteiger partial charge in [0.25, 0.3) is 6.47 Å². The molecule has 2 aromatic rings. The lowest BCUT2D eigenvalue weighted by molar-refractivity contribution is -0.122. The van der Waals surface area contributed by atoms with Gasteiger partial charge in [0.1, 0.15) is 5.52 Å². The number of hydrogen-bond acceptors (Lipinski definition) is 9. The van der Waals surface area contributed by atoms with E-state index in [0.717, 1.165) is 30.7 Å². The first kappa shape index (κ1) is 19.8. The number of rotatable bonds is 4. The van der Waals surface area contributed by atoms with E-state index in [-0.39, 0.29) is 36.0 Å². The van der Waals surface area contributed by atoms with Crippen molar-refractivity contribution in [3.63, 3.8) is 0 Å². The van der Waals surface area contributed by atoms with Gasteiger partial charge in [0, 0.05) is 31.5 Å². The van der Waals surface area contributed by atoms with Crippen molar-refractivity contribution in [3.8, 4) is 0 Å². The van der Waals surface area contributed by atoms with E-state index in [2.05, 4.69) is 29.6 Å². The summed E-state index contributed by atoms with van der Waals surface area (Å²) in [5.74, 6) is 1.34. The number of ether oxygens (including phenoxy) is 1. The summed E-state index contributed by atoms with van der Waals surface area (Å²) in [6, 6.07) is 0. The quantitative estimate of drug-likeness (QED) is 0.452. The van der Waals surface area contributed by atoms with E-state index >= 15 is 0 Å². The number of fused-ring (bicyclic) bond motifs is 2. The highest BCUT2D eigenvalue weighted by Crippen LogP contribution is 2.55. The number of nitrogens with two attached hydrogens (primary N) is 1. The molecule has 1 spiro atoms. The van der Waals surface area contributed by atoms with Crippen molar-refractivity contribution in [1.82, 2.24) is 24.7 Å². The first-order valence-electron chi connectivity index (χ1n) is 9.18. The molecule has 5 N–H and O–H groups in total. The van der Waals surface area contributed by atoms with Crippen LogP contribution in [0.2, 0.25) is 0 Å². The molecule has 3 fully saturated rings. The van der Waals surface area contributed by atoms with Crippen molar-refractivity contribution in [1.29, 1.82) is 0 Å². The second-order valence-corrected chi connectivity index (χ2v) is 9.48. The zero-order valence-electron chi connectivity index (χ0n) is 15.8. The molecule has 0 aromatic carbocycles. The second kappa shape index (κ2) is 7.07. The van der Waals surface area contributed by atoms with Crippen molar-refractivity contribution in [3.05, 3.63) is 6.33 Å². The van der Waals surface area contributed by atoms with Gasteiger partial charge in [-0.2, -0.15) is 9.97 Å². The Morgan fingerprint density at radius 1 is 1.52 bits per heavy atom. The number of carboxylic acid groups (broad SMARTS) is 1. The first-order valence-corrected chi connectivity index (χ1v) is 11.1. The molecule has 0 radical (unpaired) electrons. The second-order valence-electron chi connectivity index (χ2n) is 7.64. The van der Waals surface area contributed by atoms with E-state index in [9.17, 15) is 8.42 Å². The van der Waals surface area contributed by atoms with Crippen LogP contribution >= 0.6 is 0 Å². The maximum Gasteiger partial charge on any atom is 0.290 e. The zero-order chi connectivity index (χ0) is 20.8. The molecule has 158 valence electrons. The summed E-state index contributed by atoms with van der Waals surface area (Å²) >= 11 is 0. The third-order valence-corrected chi connectivity index (χ3v) is 6.64. The van der Waals surface area contributed by atoms with Crippen LogP contribution in [0, 0.1) is 11.8 Å². The average Bonchev–Trinajstić information content (AvgIpc) is 3.38. The Bertz CT molecular complexity index is 1030. The topological polar surface area (TPSA) is 176 Å². The number of anilines is 2. The smallest absolute Gasteiger partial charge is 0.290 e. The van der Waals surface area contributed by atoms with Crippen LogP contribution in [-0.4, -0.2) is 77.5 Å². The molecule has 3 saturated heterocycles. The van der Waals surface area contributed by atoms with Gasteiger partial charge in [-0.3, -0.25) is 4.79 Å². The SMILES string of the molecule is CS(=O)(=O)NC[C@H]1[C@H]2CN(c3nc(N)nc4nc[nH]c34)C[C@]23CC[C@H]1O3.O=CO. The van der Waals surface area contributed by atoms with E-state index in [1.54, 1.807) is 6.33 Å². The zero-order valence-corrected chi connectivity index (χ0v) is 16.6. The number of aromatic amines is 1. The van der Waals surface area contributed by atoms with E-state index in [4.69, 9.17) is 20.4 Å². The molecule has 2 bridgehead atoms. The fourth-order valence-corrected chi connectivity index (χ4v) is 5.43. The molecule has 0 unspecified atom stereocenters. The molecule has 5 heterocycles. The van der Waals surface area contributed by atoms with Crippen molar-refractivity contribution >= 4 is 39.4 Å². The van der Waals surface area contributed by atoms with Crippen LogP contribution in [0.15, 0.2) is 6.33 Å². The van der Waals surface area contributed by atoms with Crippen LogP contribution in [0.5, 0.6) is 0 Å². The number of sulfonamides is 1. The number of aromatic nitrogens is 4.